The maximum absolute atomic E-state index is 5.83. The van der Waals surface area contributed by atoms with E-state index >= 15 is 0 Å². The van der Waals surface area contributed by atoms with E-state index in [2.05, 4.69) is 31.0 Å². The monoisotopic (exact) mass is 297 g/mol. The van der Waals surface area contributed by atoms with E-state index in [-0.39, 0.29) is 0 Å². The third-order valence-corrected chi connectivity index (χ3v) is 4.86. The summed E-state index contributed by atoms with van der Waals surface area (Å²) in [7, 11) is 0. The molecule has 0 atom stereocenters. The number of hydrogen-bond donors (Lipinski definition) is 0. The normalized spacial score (nSPS) is 15.1. The zero-order valence-electron chi connectivity index (χ0n) is 12.4. The topological polar surface area (TPSA) is 21.6 Å². The lowest BCUT2D eigenvalue weighted by Crippen LogP contribution is -2.30. The van der Waals surface area contributed by atoms with Gasteiger partial charge in [0.15, 0.2) is 0 Å². The summed E-state index contributed by atoms with van der Waals surface area (Å²) < 4.78 is 5.83. The minimum absolute atomic E-state index is 0.394. The highest BCUT2D eigenvalue weighted by molar-refractivity contribution is 8.00. The van der Waals surface area contributed by atoms with E-state index < -0.39 is 0 Å². The molecule has 1 heterocycles. The van der Waals surface area contributed by atoms with Gasteiger partial charge < -0.3 is 4.74 Å². The van der Waals surface area contributed by atoms with Crippen LogP contribution in [0.5, 0.6) is 5.75 Å². The Labute approximate surface area is 130 Å². The van der Waals surface area contributed by atoms with Crippen LogP contribution in [0.25, 0.3) is 0 Å². The van der Waals surface area contributed by atoms with Crippen LogP contribution in [0.3, 0.4) is 0 Å². The van der Waals surface area contributed by atoms with E-state index in [0.717, 1.165) is 28.5 Å². The molecule has 1 aliphatic rings. The molecule has 3 rings (SSSR count). The van der Waals surface area contributed by atoms with Gasteiger partial charge in [0.1, 0.15) is 11.9 Å². The molecule has 2 nitrogen and oxygen atoms in total. The van der Waals surface area contributed by atoms with Gasteiger partial charge in [-0.05, 0) is 66.9 Å². The van der Waals surface area contributed by atoms with Gasteiger partial charge in [-0.25, -0.2) is 0 Å². The number of aliphatic imine (C=N–C) groups is 1. The van der Waals surface area contributed by atoms with Crippen molar-refractivity contribution in [2.75, 3.05) is 11.5 Å². The lowest BCUT2D eigenvalue weighted by Gasteiger charge is -2.25. The van der Waals surface area contributed by atoms with E-state index in [1.165, 1.54) is 11.1 Å². The highest BCUT2D eigenvalue weighted by Crippen LogP contribution is 2.24. The smallest absolute Gasteiger partial charge is 0.119 e. The molecule has 0 unspecified atom stereocenters. The predicted octanol–water partition coefficient (Wildman–Crippen LogP) is 4.55. The molecule has 0 aromatic heterocycles. The van der Waals surface area contributed by atoms with Crippen molar-refractivity contribution in [3.63, 3.8) is 0 Å². The van der Waals surface area contributed by atoms with Gasteiger partial charge in [0.25, 0.3) is 0 Å². The van der Waals surface area contributed by atoms with Crippen LogP contribution >= 0.6 is 11.8 Å². The highest BCUT2D eigenvalue weighted by atomic mass is 32.2. The molecule has 0 bridgehead atoms. The van der Waals surface area contributed by atoms with Crippen LogP contribution in [0.1, 0.15) is 16.7 Å². The van der Waals surface area contributed by atoms with Crippen molar-refractivity contribution < 1.29 is 4.74 Å². The van der Waals surface area contributed by atoms with Crippen LogP contribution in [-0.2, 0) is 0 Å². The van der Waals surface area contributed by atoms with Crippen molar-refractivity contribution in [3.05, 3.63) is 59.2 Å². The molecular formula is C18H19NOS. The van der Waals surface area contributed by atoms with Crippen molar-refractivity contribution in [1.29, 1.82) is 0 Å². The number of hydrogen-bond acceptors (Lipinski definition) is 3. The lowest BCUT2D eigenvalue weighted by molar-refractivity contribution is 0.240. The molecule has 0 spiro atoms. The average molecular weight is 297 g/mol. The molecule has 3 heteroatoms. The van der Waals surface area contributed by atoms with Crippen molar-refractivity contribution in [2.24, 2.45) is 4.99 Å². The van der Waals surface area contributed by atoms with Gasteiger partial charge in [0, 0.05) is 17.7 Å². The minimum Gasteiger partial charge on any atom is -0.489 e. The Kier molecular flexibility index (Phi) is 4.30. The largest absolute Gasteiger partial charge is 0.489 e. The third-order valence-electron chi connectivity index (χ3n) is 3.64. The molecule has 1 aliphatic heterocycles. The zero-order valence-corrected chi connectivity index (χ0v) is 13.2. The Morgan fingerprint density at radius 1 is 1.05 bits per heavy atom. The summed E-state index contributed by atoms with van der Waals surface area (Å²) >= 11 is 1.93. The summed E-state index contributed by atoms with van der Waals surface area (Å²) in [5, 5.41) is 0. The molecule has 0 aliphatic carbocycles. The van der Waals surface area contributed by atoms with Crippen LogP contribution in [0, 0.1) is 13.8 Å². The number of thioether (sulfide) groups is 1. The Bertz CT molecular complexity index is 645. The number of rotatable bonds is 4. The van der Waals surface area contributed by atoms with Gasteiger partial charge in [-0.2, -0.15) is 11.8 Å². The zero-order chi connectivity index (χ0) is 14.7. The molecule has 0 N–H and O–H groups in total. The molecule has 108 valence electrons. The summed E-state index contributed by atoms with van der Waals surface area (Å²) in [5.74, 6) is 3.16. The fraction of sp³-hybridized carbons (Fsp3) is 0.278. The van der Waals surface area contributed by atoms with Gasteiger partial charge in [0.05, 0.1) is 5.69 Å². The quantitative estimate of drug-likeness (QED) is 0.772. The Balaban J connectivity index is 1.66. The SMILES string of the molecule is Cc1ccc(N=Cc2ccc(OC3CSC3)cc2)cc1C. The first-order valence-electron chi connectivity index (χ1n) is 7.16. The van der Waals surface area contributed by atoms with Crippen LogP contribution in [0.2, 0.25) is 0 Å². The molecule has 1 saturated heterocycles. The second-order valence-electron chi connectivity index (χ2n) is 5.37. The Hall–Kier alpha value is -1.74. The van der Waals surface area contributed by atoms with E-state index in [1.807, 2.05) is 48.3 Å². The van der Waals surface area contributed by atoms with Crippen molar-refractivity contribution in [1.82, 2.24) is 0 Å². The van der Waals surface area contributed by atoms with Crippen molar-refractivity contribution in [2.45, 2.75) is 20.0 Å². The molecule has 0 radical (unpaired) electrons. The number of benzene rings is 2. The Morgan fingerprint density at radius 2 is 1.81 bits per heavy atom. The molecule has 0 amide bonds. The molecule has 2 aromatic rings. The van der Waals surface area contributed by atoms with Gasteiger partial charge in [-0.1, -0.05) is 6.07 Å². The van der Waals surface area contributed by atoms with Gasteiger partial charge in [-0.15, -0.1) is 0 Å². The first-order chi connectivity index (χ1) is 10.2. The van der Waals surface area contributed by atoms with Gasteiger partial charge >= 0.3 is 0 Å². The second kappa shape index (κ2) is 6.35. The molecule has 21 heavy (non-hydrogen) atoms. The molecule has 2 aromatic carbocycles. The maximum atomic E-state index is 5.83. The summed E-state index contributed by atoms with van der Waals surface area (Å²) in [4.78, 5) is 4.53. The maximum Gasteiger partial charge on any atom is 0.119 e. The number of ether oxygens (including phenoxy) is 1. The first kappa shape index (κ1) is 14.2. The van der Waals surface area contributed by atoms with E-state index in [1.54, 1.807) is 0 Å². The van der Waals surface area contributed by atoms with Crippen molar-refractivity contribution in [3.8, 4) is 5.75 Å². The van der Waals surface area contributed by atoms with E-state index in [4.69, 9.17) is 4.74 Å². The van der Waals surface area contributed by atoms with Crippen LogP contribution < -0.4 is 4.74 Å². The second-order valence-corrected chi connectivity index (χ2v) is 6.45. The summed E-state index contributed by atoms with van der Waals surface area (Å²) in [6.07, 6.45) is 2.29. The molecular weight excluding hydrogens is 278 g/mol. The number of nitrogens with zero attached hydrogens (tertiary/aromatic N) is 1. The molecule has 0 saturated carbocycles. The lowest BCUT2D eigenvalue weighted by atomic mass is 10.1. The summed E-state index contributed by atoms with van der Waals surface area (Å²) in [6.45, 7) is 4.22. The first-order valence-corrected chi connectivity index (χ1v) is 8.32. The van der Waals surface area contributed by atoms with Crippen LogP contribution in [0.4, 0.5) is 5.69 Å². The number of aryl methyl sites for hydroxylation is 2. The standard InChI is InChI=1S/C18H19NOS/c1-13-3-6-16(9-14(13)2)19-10-15-4-7-17(8-5-15)20-18-11-21-12-18/h3-10,18H,11-12H2,1-2H3. The summed E-state index contributed by atoms with van der Waals surface area (Å²) in [6, 6.07) is 14.4. The fourth-order valence-electron chi connectivity index (χ4n) is 2.06. The van der Waals surface area contributed by atoms with Crippen LogP contribution in [-0.4, -0.2) is 23.8 Å². The van der Waals surface area contributed by atoms with E-state index in [9.17, 15) is 0 Å². The van der Waals surface area contributed by atoms with Gasteiger partial charge in [0.2, 0.25) is 0 Å². The predicted molar refractivity (Wildman–Crippen MR) is 91.4 cm³/mol. The van der Waals surface area contributed by atoms with Gasteiger partial charge in [-0.3, -0.25) is 4.99 Å². The third kappa shape index (κ3) is 3.67. The van der Waals surface area contributed by atoms with E-state index in [0.29, 0.717) is 6.10 Å². The van der Waals surface area contributed by atoms with Crippen LogP contribution in [0.15, 0.2) is 47.5 Å². The minimum atomic E-state index is 0.394. The highest BCUT2D eigenvalue weighted by Gasteiger charge is 2.19. The Morgan fingerprint density at radius 3 is 2.43 bits per heavy atom. The van der Waals surface area contributed by atoms with Crippen molar-refractivity contribution >= 4 is 23.7 Å². The molecule has 1 fully saturated rings. The summed E-state index contributed by atoms with van der Waals surface area (Å²) in [5.41, 5.74) is 4.64. The average Bonchev–Trinajstić information content (AvgIpc) is 2.45. The fourth-order valence-corrected chi connectivity index (χ4v) is 2.63.